The van der Waals surface area contributed by atoms with Gasteiger partial charge in [0, 0.05) is 23.3 Å². The van der Waals surface area contributed by atoms with Gasteiger partial charge in [0.15, 0.2) is 5.13 Å². The van der Waals surface area contributed by atoms with E-state index in [1.54, 1.807) is 43.6 Å². The molecule has 0 bridgehead atoms. The third kappa shape index (κ3) is 4.57. The average molecular weight is 432 g/mol. The first-order valence-corrected chi connectivity index (χ1v) is 10.5. The molecule has 0 atom stereocenters. The number of ether oxygens (including phenoxy) is 2. The number of carbonyl (C=O) groups is 1. The number of hydrogen-bond acceptors (Lipinski definition) is 6. The Hall–Kier alpha value is -3.71. The van der Waals surface area contributed by atoms with Gasteiger partial charge in [-0.15, -0.1) is 11.3 Å². The second-order valence-corrected chi connectivity index (χ2v) is 7.54. The van der Waals surface area contributed by atoms with Gasteiger partial charge in [0.1, 0.15) is 11.5 Å². The largest absolute Gasteiger partial charge is 0.497 e. The number of benzene rings is 2. The minimum atomic E-state index is -0.157. The molecule has 156 valence electrons. The summed E-state index contributed by atoms with van der Waals surface area (Å²) in [5.41, 5.74) is 3.04. The highest BCUT2D eigenvalue weighted by Gasteiger charge is 2.22. The smallest absolute Gasteiger partial charge is 0.261 e. The molecule has 6 nitrogen and oxygen atoms in total. The van der Waals surface area contributed by atoms with Gasteiger partial charge in [-0.2, -0.15) is 0 Å². The summed E-state index contributed by atoms with van der Waals surface area (Å²) in [7, 11) is 3.23. The van der Waals surface area contributed by atoms with E-state index in [1.807, 2.05) is 53.9 Å². The Morgan fingerprint density at radius 3 is 2.58 bits per heavy atom. The van der Waals surface area contributed by atoms with Gasteiger partial charge >= 0.3 is 0 Å². The third-order valence-electron chi connectivity index (χ3n) is 4.74. The number of nitrogens with zero attached hydrogens (tertiary/aromatic N) is 3. The van der Waals surface area contributed by atoms with E-state index in [-0.39, 0.29) is 5.91 Å². The fraction of sp³-hybridized carbons (Fsp3) is 0.125. The summed E-state index contributed by atoms with van der Waals surface area (Å²) in [5.74, 6) is 1.24. The number of methoxy groups -OCH3 is 2. The molecule has 0 saturated heterocycles. The first-order valence-electron chi connectivity index (χ1n) is 9.63. The van der Waals surface area contributed by atoms with Crippen molar-refractivity contribution in [2.75, 3.05) is 19.1 Å². The third-order valence-corrected chi connectivity index (χ3v) is 5.61. The lowest BCUT2D eigenvalue weighted by Gasteiger charge is -2.20. The quantitative estimate of drug-likeness (QED) is 0.409. The van der Waals surface area contributed by atoms with Gasteiger partial charge in [0.05, 0.1) is 32.0 Å². The van der Waals surface area contributed by atoms with E-state index in [4.69, 9.17) is 14.5 Å². The van der Waals surface area contributed by atoms with Gasteiger partial charge in [-0.1, -0.05) is 30.3 Å². The Labute approximate surface area is 184 Å². The molecule has 31 heavy (non-hydrogen) atoms. The molecule has 0 aliphatic heterocycles. The summed E-state index contributed by atoms with van der Waals surface area (Å²) in [6, 6.07) is 18.9. The molecule has 0 aliphatic rings. The van der Waals surface area contributed by atoms with Crippen LogP contribution in [0.1, 0.15) is 15.9 Å². The molecular formula is C24H21N3O3S. The molecule has 0 unspecified atom stereocenters. The molecule has 1 amide bonds. The van der Waals surface area contributed by atoms with Crippen LogP contribution in [0.25, 0.3) is 11.3 Å². The van der Waals surface area contributed by atoms with Crippen molar-refractivity contribution in [3.8, 4) is 22.8 Å². The Morgan fingerprint density at radius 1 is 1.03 bits per heavy atom. The SMILES string of the molecule is COc1ccc(OC)c(-c2csc(N(Cc3ccccc3)C(=O)c3cccnc3)n2)c1. The molecule has 2 aromatic heterocycles. The molecule has 0 saturated carbocycles. The summed E-state index contributed by atoms with van der Waals surface area (Å²) < 4.78 is 10.9. The lowest BCUT2D eigenvalue weighted by atomic mass is 10.1. The highest BCUT2D eigenvalue weighted by atomic mass is 32.1. The highest BCUT2D eigenvalue weighted by molar-refractivity contribution is 7.14. The fourth-order valence-corrected chi connectivity index (χ4v) is 3.99. The van der Waals surface area contributed by atoms with E-state index in [0.29, 0.717) is 34.4 Å². The van der Waals surface area contributed by atoms with Gasteiger partial charge in [-0.05, 0) is 35.9 Å². The van der Waals surface area contributed by atoms with E-state index in [0.717, 1.165) is 11.1 Å². The number of amides is 1. The van der Waals surface area contributed by atoms with Gasteiger partial charge in [0.25, 0.3) is 5.91 Å². The summed E-state index contributed by atoms with van der Waals surface area (Å²) in [4.78, 5) is 23.9. The van der Waals surface area contributed by atoms with Crippen LogP contribution in [0.15, 0.2) is 78.4 Å². The lowest BCUT2D eigenvalue weighted by molar-refractivity contribution is 0.0984. The zero-order valence-corrected chi connectivity index (χ0v) is 18.0. The maximum Gasteiger partial charge on any atom is 0.261 e. The van der Waals surface area contributed by atoms with Crippen LogP contribution in [0.3, 0.4) is 0 Å². The molecule has 0 fully saturated rings. The summed E-state index contributed by atoms with van der Waals surface area (Å²) in [6.07, 6.45) is 3.22. The molecule has 0 aliphatic carbocycles. The molecule has 7 heteroatoms. The van der Waals surface area contributed by atoms with Crippen molar-refractivity contribution in [1.29, 1.82) is 0 Å². The van der Waals surface area contributed by atoms with Crippen LogP contribution in [-0.2, 0) is 6.54 Å². The average Bonchev–Trinajstić information content (AvgIpc) is 3.32. The minimum Gasteiger partial charge on any atom is -0.497 e. The Bertz CT molecular complexity index is 1160. The van der Waals surface area contributed by atoms with Gasteiger partial charge in [-0.3, -0.25) is 14.7 Å². The number of aromatic nitrogens is 2. The van der Waals surface area contributed by atoms with E-state index in [1.165, 1.54) is 11.3 Å². The number of pyridine rings is 1. The minimum absolute atomic E-state index is 0.157. The van der Waals surface area contributed by atoms with Crippen molar-refractivity contribution in [3.05, 3.63) is 89.6 Å². The van der Waals surface area contributed by atoms with Crippen molar-refractivity contribution in [3.63, 3.8) is 0 Å². The van der Waals surface area contributed by atoms with Crippen molar-refractivity contribution >= 4 is 22.4 Å². The van der Waals surface area contributed by atoms with Gasteiger partial charge < -0.3 is 9.47 Å². The molecule has 2 aromatic carbocycles. The van der Waals surface area contributed by atoms with Crippen molar-refractivity contribution < 1.29 is 14.3 Å². The molecule has 2 heterocycles. The molecular weight excluding hydrogens is 410 g/mol. The highest BCUT2D eigenvalue weighted by Crippen LogP contribution is 2.36. The molecule has 0 radical (unpaired) electrons. The Balaban J connectivity index is 1.73. The molecule has 4 rings (SSSR count). The van der Waals surface area contributed by atoms with Crippen molar-refractivity contribution in [2.45, 2.75) is 6.54 Å². The van der Waals surface area contributed by atoms with Crippen molar-refractivity contribution in [1.82, 2.24) is 9.97 Å². The van der Waals surface area contributed by atoms with E-state index in [9.17, 15) is 4.79 Å². The maximum atomic E-state index is 13.3. The van der Waals surface area contributed by atoms with Crippen LogP contribution in [0.4, 0.5) is 5.13 Å². The first kappa shape index (κ1) is 20.6. The van der Waals surface area contributed by atoms with Crippen molar-refractivity contribution in [2.24, 2.45) is 0 Å². The number of carbonyl (C=O) groups excluding carboxylic acids is 1. The van der Waals surface area contributed by atoms with Gasteiger partial charge in [-0.25, -0.2) is 4.98 Å². The zero-order chi connectivity index (χ0) is 21.6. The second-order valence-electron chi connectivity index (χ2n) is 6.70. The van der Waals surface area contributed by atoms with Crippen LogP contribution >= 0.6 is 11.3 Å². The fourth-order valence-electron chi connectivity index (χ4n) is 3.16. The number of thiazole rings is 1. The van der Waals surface area contributed by atoms with Crippen LogP contribution in [0, 0.1) is 0 Å². The summed E-state index contributed by atoms with van der Waals surface area (Å²) in [6.45, 7) is 0.400. The summed E-state index contributed by atoms with van der Waals surface area (Å²) >= 11 is 1.40. The van der Waals surface area contributed by atoms with E-state index >= 15 is 0 Å². The van der Waals surface area contributed by atoms with Gasteiger partial charge in [0.2, 0.25) is 0 Å². The van der Waals surface area contributed by atoms with Crippen LogP contribution in [0.2, 0.25) is 0 Å². The van der Waals surface area contributed by atoms with Crippen LogP contribution in [-0.4, -0.2) is 30.1 Å². The maximum absolute atomic E-state index is 13.3. The lowest BCUT2D eigenvalue weighted by Crippen LogP contribution is -2.30. The first-order chi connectivity index (χ1) is 15.2. The second kappa shape index (κ2) is 9.40. The number of rotatable bonds is 7. The predicted octanol–water partition coefficient (Wildman–Crippen LogP) is 5.07. The van der Waals surface area contributed by atoms with E-state index < -0.39 is 0 Å². The molecule has 4 aromatic rings. The molecule has 0 spiro atoms. The number of hydrogen-bond donors (Lipinski definition) is 0. The summed E-state index contributed by atoms with van der Waals surface area (Å²) in [5, 5.41) is 2.51. The normalized spacial score (nSPS) is 10.5. The van der Waals surface area contributed by atoms with Crippen LogP contribution in [0.5, 0.6) is 11.5 Å². The predicted molar refractivity (Wildman–Crippen MR) is 122 cm³/mol. The zero-order valence-electron chi connectivity index (χ0n) is 17.2. The monoisotopic (exact) mass is 431 g/mol. The molecule has 0 N–H and O–H groups in total. The Kier molecular flexibility index (Phi) is 6.24. The topological polar surface area (TPSA) is 64.6 Å². The Morgan fingerprint density at radius 2 is 1.87 bits per heavy atom. The van der Waals surface area contributed by atoms with Crippen LogP contribution < -0.4 is 14.4 Å². The van der Waals surface area contributed by atoms with E-state index in [2.05, 4.69) is 4.98 Å². The number of anilines is 1. The standard InChI is InChI=1S/C24H21N3O3S/c1-29-19-10-11-22(30-2)20(13-19)21-16-31-24(26-21)27(15-17-7-4-3-5-8-17)23(28)18-9-6-12-25-14-18/h3-14,16H,15H2,1-2H3.